The van der Waals surface area contributed by atoms with E-state index in [0.717, 1.165) is 80.5 Å². The van der Waals surface area contributed by atoms with Crippen molar-refractivity contribution in [2.45, 2.75) is 57.5 Å². The van der Waals surface area contributed by atoms with E-state index < -0.39 is 0 Å². The van der Waals surface area contributed by atoms with Gasteiger partial charge in [-0.25, -0.2) is 9.97 Å². The van der Waals surface area contributed by atoms with Gasteiger partial charge in [-0.2, -0.15) is 0 Å². The SMILES string of the molecule is COc1cc(C(C)C)nc(N2CCC3CN(CC(C)c4cncc(N5CCC6CNC[C@@H]65)n4)CC32)c1. The number of nitrogens with zero attached hydrogens (tertiary/aromatic N) is 6. The molecule has 0 radical (unpaired) electrons. The molecule has 4 aliphatic rings. The van der Waals surface area contributed by atoms with E-state index in [0.29, 0.717) is 29.8 Å². The average Bonchev–Trinajstić information content (AvgIpc) is 3.65. The highest BCUT2D eigenvalue weighted by Gasteiger charge is 2.42. The highest BCUT2D eigenvalue weighted by molar-refractivity contribution is 5.49. The van der Waals surface area contributed by atoms with E-state index in [1.807, 2.05) is 12.4 Å². The quantitative estimate of drug-likeness (QED) is 0.634. The Bertz CT molecular complexity index is 1080. The standard InChI is InChI=1S/C28H41N7O/c1-18(2)23-9-22(36-4)10-27(31-23)35-8-6-21-16-33(17-26(21)35)15-19(3)24-12-30-14-28(32-24)34-7-5-20-11-29-13-25(20)34/h9-10,12,14,18-21,25-26,29H,5-8,11,13,15-17H2,1-4H3/t19?,20?,21?,25-,26?/m0/s1. The van der Waals surface area contributed by atoms with E-state index in [1.165, 1.54) is 12.8 Å². The van der Waals surface area contributed by atoms with E-state index >= 15 is 0 Å². The summed E-state index contributed by atoms with van der Waals surface area (Å²) in [4.78, 5) is 22.4. The van der Waals surface area contributed by atoms with Gasteiger partial charge in [0.2, 0.25) is 0 Å². The average molecular weight is 492 g/mol. The molecule has 4 saturated heterocycles. The molecule has 36 heavy (non-hydrogen) atoms. The van der Waals surface area contributed by atoms with Crippen molar-refractivity contribution in [2.75, 3.05) is 62.7 Å². The Balaban J connectivity index is 1.13. The van der Waals surface area contributed by atoms with Crippen molar-refractivity contribution in [2.24, 2.45) is 11.8 Å². The topological polar surface area (TPSA) is 69.7 Å². The Morgan fingerprint density at radius 2 is 1.69 bits per heavy atom. The number of hydrogen-bond acceptors (Lipinski definition) is 8. The predicted octanol–water partition coefficient (Wildman–Crippen LogP) is 3.12. The highest BCUT2D eigenvalue weighted by atomic mass is 16.5. The maximum absolute atomic E-state index is 5.61. The van der Waals surface area contributed by atoms with Gasteiger partial charge in [0.15, 0.2) is 0 Å². The van der Waals surface area contributed by atoms with Crippen LogP contribution in [-0.4, -0.2) is 84.9 Å². The van der Waals surface area contributed by atoms with Gasteiger partial charge in [-0.1, -0.05) is 20.8 Å². The first-order valence-electron chi connectivity index (χ1n) is 13.8. The van der Waals surface area contributed by atoms with Crippen LogP contribution in [0, 0.1) is 11.8 Å². The van der Waals surface area contributed by atoms with Crippen molar-refractivity contribution in [3.63, 3.8) is 0 Å². The number of rotatable bonds is 7. The fourth-order valence-corrected chi connectivity index (χ4v) is 6.92. The summed E-state index contributed by atoms with van der Waals surface area (Å²) in [5.74, 6) is 5.23. The summed E-state index contributed by atoms with van der Waals surface area (Å²) < 4.78 is 5.61. The third-order valence-corrected chi connectivity index (χ3v) is 8.97. The largest absolute Gasteiger partial charge is 0.497 e. The van der Waals surface area contributed by atoms with E-state index in [4.69, 9.17) is 14.7 Å². The van der Waals surface area contributed by atoms with Gasteiger partial charge in [-0.3, -0.25) is 4.98 Å². The first-order valence-corrected chi connectivity index (χ1v) is 13.8. The maximum atomic E-state index is 5.61. The molecule has 2 aromatic heterocycles. The molecule has 194 valence electrons. The van der Waals surface area contributed by atoms with Crippen LogP contribution in [0.4, 0.5) is 11.6 Å². The molecule has 0 bridgehead atoms. The number of fused-ring (bicyclic) bond motifs is 2. The third kappa shape index (κ3) is 4.43. The fraction of sp³-hybridized carbons (Fsp3) is 0.679. The third-order valence-electron chi connectivity index (χ3n) is 8.97. The van der Waals surface area contributed by atoms with Gasteiger partial charge < -0.3 is 24.8 Å². The van der Waals surface area contributed by atoms with Gasteiger partial charge in [0.1, 0.15) is 17.4 Å². The molecule has 0 spiro atoms. The summed E-state index contributed by atoms with van der Waals surface area (Å²) in [6.07, 6.45) is 6.42. The number of likely N-dealkylation sites (tertiary alicyclic amines) is 1. The van der Waals surface area contributed by atoms with Crippen LogP contribution in [0.15, 0.2) is 24.5 Å². The summed E-state index contributed by atoms with van der Waals surface area (Å²) in [5, 5.41) is 3.55. The molecular formula is C28H41N7O. The Kier molecular flexibility index (Phi) is 6.50. The molecule has 4 fully saturated rings. The molecule has 1 N–H and O–H groups in total. The second-order valence-corrected chi connectivity index (χ2v) is 11.6. The zero-order chi connectivity index (χ0) is 24.8. The van der Waals surface area contributed by atoms with Gasteiger partial charge in [0.25, 0.3) is 0 Å². The Hall–Kier alpha value is -2.45. The molecular weight excluding hydrogens is 450 g/mol. The summed E-state index contributed by atoms with van der Waals surface area (Å²) in [6.45, 7) is 14.4. The molecule has 0 amide bonds. The normalized spacial score (nSPS) is 28.7. The van der Waals surface area contributed by atoms with Gasteiger partial charge in [-0.15, -0.1) is 0 Å². The predicted molar refractivity (Wildman–Crippen MR) is 143 cm³/mol. The van der Waals surface area contributed by atoms with E-state index in [1.54, 1.807) is 7.11 Å². The zero-order valence-electron chi connectivity index (χ0n) is 22.2. The number of ether oxygens (including phenoxy) is 1. The van der Waals surface area contributed by atoms with Gasteiger partial charge in [0.05, 0.1) is 19.0 Å². The van der Waals surface area contributed by atoms with Gasteiger partial charge in [0, 0.05) is 87.8 Å². The summed E-state index contributed by atoms with van der Waals surface area (Å²) in [6, 6.07) is 5.29. The maximum Gasteiger partial charge on any atom is 0.147 e. The molecule has 6 heterocycles. The smallest absolute Gasteiger partial charge is 0.147 e. The van der Waals surface area contributed by atoms with Crippen LogP contribution in [0.5, 0.6) is 5.75 Å². The minimum Gasteiger partial charge on any atom is -0.497 e. The summed E-state index contributed by atoms with van der Waals surface area (Å²) in [5.41, 5.74) is 2.22. The van der Waals surface area contributed by atoms with Crippen molar-refractivity contribution in [3.05, 3.63) is 35.9 Å². The van der Waals surface area contributed by atoms with Crippen molar-refractivity contribution in [1.82, 2.24) is 25.2 Å². The molecule has 0 saturated carbocycles. The summed E-state index contributed by atoms with van der Waals surface area (Å²) in [7, 11) is 1.75. The lowest BCUT2D eigenvalue weighted by Gasteiger charge is -2.28. The first kappa shape index (κ1) is 23.9. The summed E-state index contributed by atoms with van der Waals surface area (Å²) >= 11 is 0. The van der Waals surface area contributed by atoms with Crippen LogP contribution in [-0.2, 0) is 0 Å². The lowest BCUT2D eigenvalue weighted by molar-refractivity contribution is 0.299. The van der Waals surface area contributed by atoms with Crippen molar-refractivity contribution in [3.8, 4) is 5.75 Å². The van der Waals surface area contributed by atoms with Crippen molar-refractivity contribution >= 4 is 11.6 Å². The Morgan fingerprint density at radius 3 is 2.50 bits per heavy atom. The lowest BCUT2D eigenvalue weighted by Crippen LogP contribution is -2.37. The number of methoxy groups -OCH3 is 1. The monoisotopic (exact) mass is 491 g/mol. The van der Waals surface area contributed by atoms with Gasteiger partial charge >= 0.3 is 0 Å². The Labute approximate surface area is 215 Å². The lowest BCUT2D eigenvalue weighted by atomic mass is 10.0. The molecule has 4 unspecified atom stereocenters. The molecule has 0 aliphatic carbocycles. The van der Waals surface area contributed by atoms with Crippen LogP contribution >= 0.6 is 0 Å². The minimum atomic E-state index is 0.354. The van der Waals surface area contributed by atoms with Crippen LogP contribution in [0.25, 0.3) is 0 Å². The van der Waals surface area contributed by atoms with Crippen molar-refractivity contribution in [1.29, 1.82) is 0 Å². The molecule has 4 aliphatic heterocycles. The van der Waals surface area contributed by atoms with Crippen LogP contribution in [0.2, 0.25) is 0 Å². The van der Waals surface area contributed by atoms with Crippen LogP contribution < -0.4 is 19.9 Å². The number of nitrogens with one attached hydrogen (secondary N) is 1. The molecule has 5 atom stereocenters. The van der Waals surface area contributed by atoms with Crippen LogP contribution in [0.1, 0.15) is 56.8 Å². The molecule has 8 heteroatoms. The molecule has 6 rings (SSSR count). The second kappa shape index (κ2) is 9.78. The minimum absolute atomic E-state index is 0.354. The van der Waals surface area contributed by atoms with E-state index in [2.05, 4.69) is 57.9 Å². The van der Waals surface area contributed by atoms with Crippen molar-refractivity contribution < 1.29 is 4.74 Å². The molecule has 0 aromatic carbocycles. The number of anilines is 2. The first-order chi connectivity index (χ1) is 17.5. The van der Waals surface area contributed by atoms with Crippen LogP contribution in [0.3, 0.4) is 0 Å². The fourth-order valence-electron chi connectivity index (χ4n) is 6.92. The van der Waals surface area contributed by atoms with E-state index in [-0.39, 0.29) is 0 Å². The Morgan fingerprint density at radius 1 is 0.917 bits per heavy atom. The number of pyridine rings is 1. The highest BCUT2D eigenvalue weighted by Crippen LogP contribution is 2.37. The molecule has 8 nitrogen and oxygen atoms in total. The number of aromatic nitrogens is 3. The number of hydrogen-bond donors (Lipinski definition) is 1. The van der Waals surface area contributed by atoms with Gasteiger partial charge in [-0.05, 0) is 30.6 Å². The van der Waals surface area contributed by atoms with E-state index in [9.17, 15) is 0 Å². The zero-order valence-corrected chi connectivity index (χ0v) is 22.2. The molecule has 2 aromatic rings. The second-order valence-electron chi connectivity index (χ2n) is 11.6.